The van der Waals surface area contributed by atoms with Crippen LogP contribution in [0, 0.1) is 5.92 Å². The molecular weight excluding hydrogens is 211 g/mol. The maximum absolute atomic E-state index is 13.7. The van der Waals surface area contributed by atoms with Gasteiger partial charge in [0, 0.05) is 0 Å². The SMILES string of the molecule is C=C/C(C(=C)C)=C(/C)CC1CCC(C)(F)CC1. The summed E-state index contributed by atoms with van der Waals surface area (Å²) in [4.78, 5) is 0. The Kier molecular flexibility index (Phi) is 4.73. The second-order valence-corrected chi connectivity index (χ2v) is 5.74. The Morgan fingerprint density at radius 1 is 1.35 bits per heavy atom. The van der Waals surface area contributed by atoms with E-state index in [9.17, 15) is 4.39 Å². The summed E-state index contributed by atoms with van der Waals surface area (Å²) < 4.78 is 13.7. The highest BCUT2D eigenvalue weighted by molar-refractivity contribution is 5.39. The van der Waals surface area contributed by atoms with Crippen molar-refractivity contribution in [1.29, 1.82) is 0 Å². The summed E-state index contributed by atoms with van der Waals surface area (Å²) in [6.07, 6.45) is 6.38. The van der Waals surface area contributed by atoms with E-state index in [2.05, 4.69) is 20.1 Å². The largest absolute Gasteiger partial charge is 0.244 e. The average Bonchev–Trinajstić information content (AvgIpc) is 2.21. The van der Waals surface area contributed by atoms with Gasteiger partial charge < -0.3 is 0 Å². The molecule has 0 amide bonds. The molecule has 0 unspecified atom stereocenters. The lowest BCUT2D eigenvalue weighted by molar-refractivity contribution is 0.103. The molecule has 0 nitrogen and oxygen atoms in total. The molecule has 0 aromatic rings. The van der Waals surface area contributed by atoms with Crippen LogP contribution in [0.25, 0.3) is 0 Å². The van der Waals surface area contributed by atoms with Gasteiger partial charge in [-0.3, -0.25) is 0 Å². The van der Waals surface area contributed by atoms with Gasteiger partial charge in [0.25, 0.3) is 0 Å². The van der Waals surface area contributed by atoms with E-state index in [-0.39, 0.29) is 0 Å². The zero-order chi connectivity index (χ0) is 13.1. The van der Waals surface area contributed by atoms with Crippen molar-refractivity contribution in [3.8, 4) is 0 Å². The summed E-state index contributed by atoms with van der Waals surface area (Å²) in [5, 5.41) is 0. The van der Waals surface area contributed by atoms with Gasteiger partial charge >= 0.3 is 0 Å². The van der Waals surface area contributed by atoms with Crippen molar-refractivity contribution >= 4 is 0 Å². The molecular formula is C16H25F. The van der Waals surface area contributed by atoms with Gasteiger partial charge in [0.2, 0.25) is 0 Å². The Bertz CT molecular complexity index is 323. The number of alkyl halides is 1. The molecule has 0 N–H and O–H groups in total. The van der Waals surface area contributed by atoms with Crippen molar-refractivity contribution < 1.29 is 4.39 Å². The van der Waals surface area contributed by atoms with Crippen LogP contribution in [-0.2, 0) is 0 Å². The summed E-state index contributed by atoms with van der Waals surface area (Å²) in [5.74, 6) is 0.633. The normalized spacial score (nSPS) is 30.7. The Morgan fingerprint density at radius 3 is 2.29 bits per heavy atom. The maximum atomic E-state index is 13.7. The second-order valence-electron chi connectivity index (χ2n) is 5.74. The number of allylic oxidation sites excluding steroid dienone is 4. The summed E-state index contributed by atoms with van der Waals surface area (Å²) in [6, 6.07) is 0. The molecule has 96 valence electrons. The molecule has 1 rings (SSSR count). The number of hydrogen-bond donors (Lipinski definition) is 0. The fourth-order valence-corrected chi connectivity index (χ4v) is 2.74. The Morgan fingerprint density at radius 2 is 1.88 bits per heavy atom. The van der Waals surface area contributed by atoms with Crippen LogP contribution in [-0.4, -0.2) is 5.67 Å². The minimum Gasteiger partial charge on any atom is -0.244 e. The van der Waals surface area contributed by atoms with Gasteiger partial charge in [-0.2, -0.15) is 0 Å². The zero-order valence-corrected chi connectivity index (χ0v) is 11.5. The van der Waals surface area contributed by atoms with Crippen molar-refractivity contribution in [3.05, 3.63) is 36.0 Å². The van der Waals surface area contributed by atoms with Gasteiger partial charge in [-0.25, -0.2) is 4.39 Å². The van der Waals surface area contributed by atoms with E-state index >= 15 is 0 Å². The van der Waals surface area contributed by atoms with E-state index in [1.165, 1.54) is 11.1 Å². The van der Waals surface area contributed by atoms with Crippen LogP contribution >= 0.6 is 0 Å². The van der Waals surface area contributed by atoms with Gasteiger partial charge in [0.15, 0.2) is 0 Å². The van der Waals surface area contributed by atoms with E-state index in [0.717, 1.165) is 24.8 Å². The fraction of sp³-hybridized carbons (Fsp3) is 0.625. The first-order valence-corrected chi connectivity index (χ1v) is 6.52. The summed E-state index contributed by atoms with van der Waals surface area (Å²) in [5.41, 5.74) is 2.67. The molecule has 0 aromatic carbocycles. The third kappa shape index (κ3) is 4.14. The van der Waals surface area contributed by atoms with Crippen LogP contribution in [0.15, 0.2) is 36.0 Å². The molecule has 1 heteroatoms. The standard InChI is InChI=1S/C16H25F/c1-6-15(12(2)3)13(4)11-14-7-9-16(5,17)10-8-14/h6,14H,1-2,7-11H2,3-5H3/b15-13+. The topological polar surface area (TPSA) is 0 Å². The van der Waals surface area contributed by atoms with Gasteiger partial charge in [-0.05, 0) is 64.4 Å². The molecule has 0 atom stereocenters. The third-order valence-electron chi connectivity index (χ3n) is 3.87. The van der Waals surface area contributed by atoms with Gasteiger partial charge in [0.1, 0.15) is 5.67 Å². The van der Waals surface area contributed by atoms with Crippen molar-refractivity contribution in [2.75, 3.05) is 0 Å². The van der Waals surface area contributed by atoms with Crippen LogP contribution in [0.5, 0.6) is 0 Å². The monoisotopic (exact) mass is 236 g/mol. The molecule has 1 aliphatic rings. The van der Waals surface area contributed by atoms with Crippen molar-refractivity contribution in [1.82, 2.24) is 0 Å². The van der Waals surface area contributed by atoms with Gasteiger partial charge in [0.05, 0.1) is 0 Å². The highest BCUT2D eigenvalue weighted by Crippen LogP contribution is 2.37. The van der Waals surface area contributed by atoms with Crippen LogP contribution in [0.3, 0.4) is 0 Å². The third-order valence-corrected chi connectivity index (χ3v) is 3.87. The van der Waals surface area contributed by atoms with Crippen LogP contribution in [0.2, 0.25) is 0 Å². The van der Waals surface area contributed by atoms with Crippen LogP contribution in [0.4, 0.5) is 4.39 Å². The Hall–Kier alpha value is -0.850. The van der Waals surface area contributed by atoms with Crippen molar-refractivity contribution in [2.24, 2.45) is 5.92 Å². The molecule has 0 saturated heterocycles. The number of hydrogen-bond acceptors (Lipinski definition) is 0. The Labute approximate surface area is 105 Å². The first-order chi connectivity index (χ1) is 7.85. The average molecular weight is 236 g/mol. The maximum Gasteiger partial charge on any atom is 0.108 e. The van der Waals surface area contributed by atoms with Gasteiger partial charge in [-0.15, -0.1) is 0 Å². The molecule has 0 radical (unpaired) electrons. The minimum absolute atomic E-state index is 0.633. The molecule has 0 aliphatic heterocycles. The smallest absolute Gasteiger partial charge is 0.108 e. The zero-order valence-electron chi connectivity index (χ0n) is 11.5. The highest BCUT2D eigenvalue weighted by Gasteiger charge is 2.30. The lowest BCUT2D eigenvalue weighted by Crippen LogP contribution is -2.26. The first-order valence-electron chi connectivity index (χ1n) is 6.52. The molecule has 1 fully saturated rings. The lowest BCUT2D eigenvalue weighted by Gasteiger charge is -2.31. The summed E-state index contributed by atoms with van der Waals surface area (Å²) in [6.45, 7) is 13.7. The molecule has 0 bridgehead atoms. The van der Waals surface area contributed by atoms with E-state index < -0.39 is 5.67 Å². The lowest BCUT2D eigenvalue weighted by atomic mass is 9.78. The molecule has 0 aromatic heterocycles. The van der Waals surface area contributed by atoms with Crippen LogP contribution in [0.1, 0.15) is 52.9 Å². The molecule has 1 saturated carbocycles. The quantitative estimate of drug-likeness (QED) is 0.575. The van der Waals surface area contributed by atoms with E-state index in [1.807, 2.05) is 13.0 Å². The van der Waals surface area contributed by atoms with E-state index in [4.69, 9.17) is 0 Å². The minimum atomic E-state index is -0.927. The molecule has 0 spiro atoms. The predicted molar refractivity (Wildman–Crippen MR) is 73.8 cm³/mol. The molecule has 1 aliphatic carbocycles. The number of halogens is 1. The molecule has 17 heavy (non-hydrogen) atoms. The summed E-state index contributed by atoms with van der Waals surface area (Å²) in [7, 11) is 0. The van der Waals surface area contributed by atoms with Gasteiger partial charge in [-0.1, -0.05) is 30.4 Å². The van der Waals surface area contributed by atoms with E-state index in [1.54, 1.807) is 6.92 Å². The van der Waals surface area contributed by atoms with Crippen molar-refractivity contribution in [3.63, 3.8) is 0 Å². The Balaban J connectivity index is 2.61. The molecule has 0 heterocycles. The fourth-order valence-electron chi connectivity index (χ4n) is 2.74. The second kappa shape index (κ2) is 5.66. The number of rotatable bonds is 4. The summed E-state index contributed by atoms with van der Waals surface area (Å²) >= 11 is 0. The van der Waals surface area contributed by atoms with Crippen molar-refractivity contribution in [2.45, 2.75) is 58.5 Å². The first kappa shape index (κ1) is 14.2. The predicted octanol–water partition coefficient (Wildman–Crippen LogP) is 5.37. The van der Waals surface area contributed by atoms with Crippen LogP contribution < -0.4 is 0 Å². The van der Waals surface area contributed by atoms with E-state index in [0.29, 0.717) is 18.8 Å². The highest BCUT2D eigenvalue weighted by atomic mass is 19.1.